The van der Waals surface area contributed by atoms with Gasteiger partial charge in [0.2, 0.25) is 11.5 Å². The third-order valence-electron chi connectivity index (χ3n) is 2.55. The average Bonchev–Trinajstić information content (AvgIpc) is 2.84. The summed E-state index contributed by atoms with van der Waals surface area (Å²) in [4.78, 5) is 23.2. The molecule has 0 fully saturated rings. The van der Waals surface area contributed by atoms with Gasteiger partial charge in [-0.15, -0.1) is 11.3 Å². The minimum atomic E-state index is -1.13. The van der Waals surface area contributed by atoms with Crippen molar-refractivity contribution in [2.75, 3.05) is 7.11 Å². The van der Waals surface area contributed by atoms with Crippen LogP contribution in [0.4, 0.5) is 0 Å². The van der Waals surface area contributed by atoms with Gasteiger partial charge in [-0.25, -0.2) is 4.79 Å². The number of esters is 1. The van der Waals surface area contributed by atoms with Crippen molar-refractivity contribution in [1.29, 1.82) is 0 Å². The topological polar surface area (TPSA) is 52.6 Å². The van der Waals surface area contributed by atoms with Crippen LogP contribution in [0.25, 0.3) is 0 Å². The highest BCUT2D eigenvalue weighted by molar-refractivity contribution is 9.11. The second-order valence-electron chi connectivity index (χ2n) is 3.64. The molecule has 0 bridgehead atoms. The lowest BCUT2D eigenvalue weighted by molar-refractivity contribution is -0.144. The molecule has 1 aliphatic heterocycles. The Kier molecular flexibility index (Phi) is 3.09. The summed E-state index contributed by atoms with van der Waals surface area (Å²) in [6, 6.07) is 1.80. The van der Waals surface area contributed by atoms with Crippen molar-refractivity contribution in [3.63, 3.8) is 0 Å². The Morgan fingerprint density at radius 1 is 1.59 bits per heavy atom. The Labute approximate surface area is 110 Å². The van der Waals surface area contributed by atoms with E-state index in [-0.39, 0.29) is 11.5 Å². The molecule has 17 heavy (non-hydrogen) atoms. The Hall–Kier alpha value is -1.14. The molecule has 1 aliphatic rings. The predicted octanol–water partition coefficient (Wildman–Crippen LogP) is 2.38. The number of hydrogen-bond acceptors (Lipinski definition) is 5. The first-order chi connectivity index (χ1) is 7.97. The molecule has 0 saturated carbocycles. The van der Waals surface area contributed by atoms with Crippen LogP contribution in [-0.2, 0) is 24.7 Å². The molecular formula is C11H9BrO4S. The van der Waals surface area contributed by atoms with E-state index in [0.717, 1.165) is 9.35 Å². The number of hydrogen-bond donors (Lipinski definition) is 0. The minimum absolute atomic E-state index is 0.0534. The average molecular weight is 317 g/mol. The predicted molar refractivity (Wildman–Crippen MR) is 65.6 cm³/mol. The van der Waals surface area contributed by atoms with Crippen LogP contribution in [0.3, 0.4) is 0 Å². The molecule has 0 saturated heterocycles. The monoisotopic (exact) mass is 316 g/mol. The number of rotatable bonds is 2. The second kappa shape index (κ2) is 4.27. The Morgan fingerprint density at radius 3 is 2.82 bits per heavy atom. The molecule has 1 unspecified atom stereocenters. The maximum absolute atomic E-state index is 11.9. The van der Waals surface area contributed by atoms with E-state index in [2.05, 4.69) is 20.7 Å². The van der Waals surface area contributed by atoms with Gasteiger partial charge in [0.15, 0.2) is 5.60 Å². The maximum atomic E-state index is 11.9. The van der Waals surface area contributed by atoms with Crippen LogP contribution in [0.5, 0.6) is 0 Å². The van der Waals surface area contributed by atoms with Gasteiger partial charge >= 0.3 is 5.97 Å². The first kappa shape index (κ1) is 12.3. The van der Waals surface area contributed by atoms with Gasteiger partial charge < -0.3 is 9.47 Å². The number of ether oxygens (including phenoxy) is 2. The molecule has 2 rings (SSSR count). The summed E-state index contributed by atoms with van der Waals surface area (Å²) in [6.07, 6.45) is 1.18. The highest BCUT2D eigenvalue weighted by atomic mass is 79.9. The van der Waals surface area contributed by atoms with E-state index >= 15 is 0 Å². The van der Waals surface area contributed by atoms with Gasteiger partial charge in [0.25, 0.3) is 0 Å². The van der Waals surface area contributed by atoms with Gasteiger partial charge in [-0.3, -0.25) is 4.79 Å². The normalized spacial score (nSPS) is 23.2. The molecule has 90 valence electrons. The molecule has 0 N–H and O–H groups in total. The van der Waals surface area contributed by atoms with Crippen LogP contribution in [0, 0.1) is 0 Å². The summed E-state index contributed by atoms with van der Waals surface area (Å²) >= 11 is 4.78. The zero-order valence-electron chi connectivity index (χ0n) is 9.15. The van der Waals surface area contributed by atoms with Crippen molar-refractivity contribution < 1.29 is 19.1 Å². The molecule has 2 heterocycles. The quantitative estimate of drug-likeness (QED) is 0.786. The summed E-state index contributed by atoms with van der Waals surface area (Å²) in [6.45, 7) is 1.64. The first-order valence-corrected chi connectivity index (χ1v) is 6.42. The lowest BCUT2D eigenvalue weighted by Crippen LogP contribution is -2.29. The lowest BCUT2D eigenvalue weighted by atomic mass is 9.95. The molecule has 1 atom stereocenters. The van der Waals surface area contributed by atoms with Gasteiger partial charge in [-0.2, -0.15) is 0 Å². The Morgan fingerprint density at radius 2 is 2.29 bits per heavy atom. The summed E-state index contributed by atoms with van der Waals surface area (Å²) < 4.78 is 10.9. The third kappa shape index (κ3) is 2.02. The molecule has 6 heteroatoms. The van der Waals surface area contributed by atoms with E-state index in [1.165, 1.54) is 24.5 Å². The molecular weight excluding hydrogens is 308 g/mol. The van der Waals surface area contributed by atoms with Crippen LogP contribution in [0.1, 0.15) is 12.5 Å². The van der Waals surface area contributed by atoms with E-state index < -0.39 is 11.6 Å². The summed E-state index contributed by atoms with van der Waals surface area (Å²) in [5.41, 5.74) is -0.416. The molecule has 0 spiro atoms. The fraction of sp³-hybridized carbons (Fsp3) is 0.273. The number of carbonyl (C=O) groups excluding carboxylic acids is 2. The zero-order chi connectivity index (χ0) is 12.6. The van der Waals surface area contributed by atoms with Crippen LogP contribution in [0.15, 0.2) is 27.1 Å². The second-order valence-corrected chi connectivity index (χ2v) is 5.93. The van der Waals surface area contributed by atoms with E-state index in [1.807, 2.05) is 5.38 Å². The number of thiophene rings is 1. The summed E-state index contributed by atoms with van der Waals surface area (Å²) in [5.74, 6) is -0.957. The highest BCUT2D eigenvalue weighted by Crippen LogP contribution is 2.38. The van der Waals surface area contributed by atoms with E-state index in [0.29, 0.717) is 0 Å². The molecule has 0 radical (unpaired) electrons. The zero-order valence-corrected chi connectivity index (χ0v) is 11.6. The fourth-order valence-corrected chi connectivity index (χ4v) is 2.77. The summed E-state index contributed by atoms with van der Waals surface area (Å²) in [5, 5.41) is 1.82. The van der Waals surface area contributed by atoms with E-state index in [1.54, 1.807) is 13.0 Å². The summed E-state index contributed by atoms with van der Waals surface area (Å²) in [7, 11) is 1.24. The third-order valence-corrected chi connectivity index (χ3v) is 4.06. The van der Waals surface area contributed by atoms with Gasteiger partial charge in [0.05, 0.1) is 10.9 Å². The van der Waals surface area contributed by atoms with Crippen molar-refractivity contribution in [3.05, 3.63) is 32.6 Å². The number of halogens is 1. The number of methoxy groups -OCH3 is 1. The SMILES string of the molecule is COC(=O)C1=CC(=O)C(C)(c2csc(Br)c2)O1. The fourth-order valence-electron chi connectivity index (χ4n) is 1.52. The van der Waals surface area contributed by atoms with Crippen LogP contribution >= 0.6 is 27.3 Å². The highest BCUT2D eigenvalue weighted by Gasteiger charge is 2.44. The van der Waals surface area contributed by atoms with E-state index in [4.69, 9.17) is 4.74 Å². The van der Waals surface area contributed by atoms with Crippen LogP contribution < -0.4 is 0 Å². The number of ketones is 1. The standard InChI is InChI=1S/C11H9BrO4S/c1-11(6-3-9(12)17-5-6)8(13)4-7(16-11)10(14)15-2/h3-5H,1-2H3. The maximum Gasteiger partial charge on any atom is 0.373 e. The molecule has 1 aromatic rings. The van der Waals surface area contributed by atoms with Crippen LogP contribution in [0.2, 0.25) is 0 Å². The Balaban J connectivity index is 2.32. The van der Waals surface area contributed by atoms with Crippen molar-refractivity contribution in [3.8, 4) is 0 Å². The molecule has 0 amide bonds. The molecule has 0 aliphatic carbocycles. The van der Waals surface area contributed by atoms with Gasteiger partial charge in [0.1, 0.15) is 0 Å². The Bertz CT molecular complexity index is 519. The lowest BCUT2D eigenvalue weighted by Gasteiger charge is -2.22. The van der Waals surface area contributed by atoms with Gasteiger partial charge in [-0.05, 0) is 34.3 Å². The molecule has 1 aromatic heterocycles. The van der Waals surface area contributed by atoms with Crippen molar-refractivity contribution in [1.82, 2.24) is 0 Å². The minimum Gasteiger partial charge on any atom is -0.467 e. The van der Waals surface area contributed by atoms with E-state index in [9.17, 15) is 9.59 Å². The van der Waals surface area contributed by atoms with Gasteiger partial charge in [0, 0.05) is 11.6 Å². The first-order valence-electron chi connectivity index (χ1n) is 4.75. The largest absolute Gasteiger partial charge is 0.467 e. The van der Waals surface area contributed by atoms with Gasteiger partial charge in [-0.1, -0.05) is 0 Å². The number of carbonyl (C=O) groups is 2. The van der Waals surface area contributed by atoms with Crippen molar-refractivity contribution >= 4 is 39.0 Å². The van der Waals surface area contributed by atoms with Crippen LogP contribution in [-0.4, -0.2) is 18.9 Å². The molecule has 0 aromatic carbocycles. The smallest absolute Gasteiger partial charge is 0.373 e. The molecule has 4 nitrogen and oxygen atoms in total. The van der Waals surface area contributed by atoms with Crippen molar-refractivity contribution in [2.24, 2.45) is 0 Å². The van der Waals surface area contributed by atoms with Crippen molar-refractivity contribution in [2.45, 2.75) is 12.5 Å².